The van der Waals surface area contributed by atoms with Gasteiger partial charge < -0.3 is 24.8 Å². The number of morpholine rings is 1. The monoisotopic (exact) mass is 466 g/mol. The van der Waals surface area contributed by atoms with Gasteiger partial charge in [-0.25, -0.2) is 4.79 Å². The van der Waals surface area contributed by atoms with Crippen molar-refractivity contribution in [2.45, 2.75) is 44.2 Å². The van der Waals surface area contributed by atoms with E-state index in [2.05, 4.69) is 17.4 Å². The van der Waals surface area contributed by atoms with Crippen LogP contribution in [0.1, 0.15) is 43.7 Å². The maximum Gasteiger partial charge on any atom is 0.407 e. The SMILES string of the molecule is CC1(C)CN(C(=O)C(CCC(=O)O)NC(=O)OCC2c3ccccc3-c3ccccc32)CCO1. The number of carboxylic acid groups (broad SMARTS) is 1. The van der Waals surface area contributed by atoms with Crippen molar-refractivity contribution in [2.75, 3.05) is 26.3 Å². The van der Waals surface area contributed by atoms with Crippen LogP contribution in [0.5, 0.6) is 0 Å². The third kappa shape index (κ3) is 5.22. The molecule has 2 amide bonds. The molecular weight excluding hydrogens is 436 g/mol. The topological polar surface area (TPSA) is 105 Å². The first-order valence-corrected chi connectivity index (χ1v) is 11.5. The Bertz CT molecular complexity index is 1040. The molecule has 1 fully saturated rings. The number of ether oxygens (including phenoxy) is 2. The molecule has 1 heterocycles. The minimum Gasteiger partial charge on any atom is -0.481 e. The molecule has 1 unspecified atom stereocenters. The summed E-state index contributed by atoms with van der Waals surface area (Å²) < 4.78 is 11.2. The van der Waals surface area contributed by atoms with Gasteiger partial charge in [-0.1, -0.05) is 48.5 Å². The summed E-state index contributed by atoms with van der Waals surface area (Å²) in [5, 5.41) is 11.7. The van der Waals surface area contributed by atoms with Gasteiger partial charge in [0.1, 0.15) is 12.6 Å². The molecule has 4 rings (SSSR count). The number of carbonyl (C=O) groups excluding carboxylic acids is 2. The number of aliphatic carboxylic acids is 1. The van der Waals surface area contributed by atoms with Crippen LogP contribution < -0.4 is 5.32 Å². The van der Waals surface area contributed by atoms with Gasteiger partial charge in [-0.2, -0.15) is 0 Å². The molecule has 1 saturated heterocycles. The zero-order chi connectivity index (χ0) is 24.3. The fourth-order valence-corrected chi connectivity index (χ4v) is 4.73. The predicted octanol–water partition coefficient (Wildman–Crippen LogP) is 3.40. The van der Waals surface area contributed by atoms with Crippen LogP contribution in [0.4, 0.5) is 4.79 Å². The first-order valence-electron chi connectivity index (χ1n) is 11.5. The van der Waals surface area contributed by atoms with Crippen molar-refractivity contribution in [1.29, 1.82) is 0 Å². The molecule has 2 aromatic rings. The van der Waals surface area contributed by atoms with Gasteiger partial charge in [-0.05, 0) is 42.5 Å². The van der Waals surface area contributed by atoms with Gasteiger partial charge in [0.2, 0.25) is 5.91 Å². The second-order valence-electron chi connectivity index (χ2n) is 9.32. The predicted molar refractivity (Wildman–Crippen MR) is 125 cm³/mol. The van der Waals surface area contributed by atoms with Gasteiger partial charge in [0.05, 0.1) is 12.2 Å². The summed E-state index contributed by atoms with van der Waals surface area (Å²) in [6.07, 6.45) is -0.998. The fraction of sp³-hybridized carbons (Fsp3) is 0.423. The van der Waals surface area contributed by atoms with Crippen LogP contribution in [0.3, 0.4) is 0 Å². The summed E-state index contributed by atoms with van der Waals surface area (Å²) in [7, 11) is 0. The molecule has 8 heteroatoms. The number of carboxylic acids is 1. The minimum atomic E-state index is -1.03. The number of fused-ring (bicyclic) bond motifs is 3. The molecule has 34 heavy (non-hydrogen) atoms. The van der Waals surface area contributed by atoms with Crippen LogP contribution in [0, 0.1) is 0 Å². The van der Waals surface area contributed by atoms with E-state index in [4.69, 9.17) is 14.6 Å². The zero-order valence-electron chi connectivity index (χ0n) is 19.5. The summed E-state index contributed by atoms with van der Waals surface area (Å²) in [5.74, 6) is -1.47. The maximum absolute atomic E-state index is 13.1. The molecule has 1 aliphatic carbocycles. The molecule has 180 valence electrons. The average Bonchev–Trinajstić information content (AvgIpc) is 3.13. The molecule has 0 aromatic heterocycles. The highest BCUT2D eigenvalue weighted by Gasteiger charge is 2.35. The number of benzene rings is 2. The lowest BCUT2D eigenvalue weighted by Crippen LogP contribution is -2.56. The van der Waals surface area contributed by atoms with Crippen molar-refractivity contribution >= 4 is 18.0 Å². The standard InChI is InChI=1S/C26H30N2O6/c1-26(2)16-28(13-14-34-26)24(31)22(11-12-23(29)30)27-25(32)33-15-21-19-9-5-3-7-17(19)18-8-4-6-10-20(18)21/h3-10,21-22H,11-16H2,1-2H3,(H,27,32)(H,29,30). The van der Waals surface area contributed by atoms with Crippen LogP contribution in [0.15, 0.2) is 48.5 Å². The molecule has 1 aliphatic heterocycles. The average molecular weight is 467 g/mol. The number of amides is 2. The van der Waals surface area contributed by atoms with Crippen molar-refractivity contribution in [3.63, 3.8) is 0 Å². The van der Waals surface area contributed by atoms with E-state index < -0.39 is 23.7 Å². The Morgan fingerprint density at radius 2 is 1.74 bits per heavy atom. The second-order valence-corrected chi connectivity index (χ2v) is 9.32. The highest BCUT2D eigenvalue weighted by atomic mass is 16.5. The highest BCUT2D eigenvalue weighted by Crippen LogP contribution is 2.44. The molecule has 0 spiro atoms. The van der Waals surface area contributed by atoms with Crippen molar-refractivity contribution in [3.8, 4) is 11.1 Å². The Labute approximate surface area is 198 Å². The Balaban J connectivity index is 1.43. The molecule has 0 bridgehead atoms. The van der Waals surface area contributed by atoms with Gasteiger partial charge in [-0.3, -0.25) is 9.59 Å². The maximum atomic E-state index is 13.1. The second kappa shape index (κ2) is 9.85. The summed E-state index contributed by atoms with van der Waals surface area (Å²) in [4.78, 5) is 38.6. The van der Waals surface area contributed by atoms with Crippen molar-refractivity contribution in [3.05, 3.63) is 59.7 Å². The van der Waals surface area contributed by atoms with E-state index in [1.165, 1.54) is 0 Å². The molecule has 8 nitrogen and oxygen atoms in total. The van der Waals surface area contributed by atoms with Crippen LogP contribution in [0.25, 0.3) is 11.1 Å². The molecule has 1 atom stereocenters. The van der Waals surface area contributed by atoms with Gasteiger partial charge in [-0.15, -0.1) is 0 Å². The van der Waals surface area contributed by atoms with Crippen LogP contribution in [-0.4, -0.2) is 65.9 Å². The third-order valence-electron chi connectivity index (χ3n) is 6.32. The van der Waals surface area contributed by atoms with Gasteiger partial charge in [0, 0.05) is 25.4 Å². The van der Waals surface area contributed by atoms with Crippen molar-refractivity contribution in [1.82, 2.24) is 10.2 Å². The lowest BCUT2D eigenvalue weighted by atomic mass is 9.98. The first-order chi connectivity index (χ1) is 16.2. The van der Waals surface area contributed by atoms with E-state index in [-0.39, 0.29) is 31.3 Å². The Hall–Kier alpha value is -3.39. The molecule has 2 aliphatic rings. The molecular formula is C26H30N2O6. The first kappa shape index (κ1) is 23.8. The minimum absolute atomic E-state index is 0.0177. The number of hydrogen-bond donors (Lipinski definition) is 2. The fourth-order valence-electron chi connectivity index (χ4n) is 4.73. The van der Waals surface area contributed by atoms with E-state index in [0.717, 1.165) is 22.3 Å². The Kier molecular flexibility index (Phi) is 6.88. The number of nitrogens with zero attached hydrogens (tertiary/aromatic N) is 1. The summed E-state index contributed by atoms with van der Waals surface area (Å²) in [6.45, 7) is 5.02. The van der Waals surface area contributed by atoms with Gasteiger partial charge >= 0.3 is 12.1 Å². The number of hydrogen-bond acceptors (Lipinski definition) is 5. The quantitative estimate of drug-likeness (QED) is 0.648. The highest BCUT2D eigenvalue weighted by molar-refractivity contribution is 5.86. The van der Waals surface area contributed by atoms with Crippen LogP contribution >= 0.6 is 0 Å². The summed E-state index contributed by atoms with van der Waals surface area (Å²) in [5.41, 5.74) is 3.92. The van der Waals surface area contributed by atoms with E-state index in [9.17, 15) is 14.4 Å². The van der Waals surface area contributed by atoms with E-state index in [1.807, 2.05) is 50.2 Å². The molecule has 2 aromatic carbocycles. The smallest absolute Gasteiger partial charge is 0.407 e. The normalized spacial score (nSPS) is 17.4. The van der Waals surface area contributed by atoms with Crippen molar-refractivity contribution in [2.24, 2.45) is 0 Å². The lowest BCUT2D eigenvalue weighted by Gasteiger charge is -2.39. The molecule has 0 radical (unpaired) electrons. The van der Waals surface area contributed by atoms with E-state index >= 15 is 0 Å². The Morgan fingerprint density at radius 1 is 1.12 bits per heavy atom. The van der Waals surface area contributed by atoms with Gasteiger partial charge in [0.25, 0.3) is 0 Å². The molecule has 0 saturated carbocycles. The third-order valence-corrected chi connectivity index (χ3v) is 6.32. The number of rotatable bonds is 7. The van der Waals surface area contributed by atoms with Crippen LogP contribution in [0.2, 0.25) is 0 Å². The Morgan fingerprint density at radius 3 is 2.32 bits per heavy atom. The number of nitrogens with one attached hydrogen (secondary N) is 1. The number of alkyl carbamates (subject to hydrolysis) is 1. The number of carbonyl (C=O) groups is 3. The van der Waals surface area contributed by atoms with E-state index in [1.54, 1.807) is 4.90 Å². The van der Waals surface area contributed by atoms with E-state index in [0.29, 0.717) is 19.7 Å². The summed E-state index contributed by atoms with van der Waals surface area (Å²) >= 11 is 0. The summed E-state index contributed by atoms with van der Waals surface area (Å²) in [6, 6.07) is 15.1. The zero-order valence-corrected chi connectivity index (χ0v) is 19.5. The van der Waals surface area contributed by atoms with Crippen molar-refractivity contribution < 1.29 is 29.0 Å². The van der Waals surface area contributed by atoms with Gasteiger partial charge in [0.15, 0.2) is 0 Å². The molecule has 2 N–H and O–H groups in total. The van der Waals surface area contributed by atoms with Crippen LogP contribution in [-0.2, 0) is 19.1 Å². The largest absolute Gasteiger partial charge is 0.481 e. The lowest BCUT2D eigenvalue weighted by molar-refractivity contribution is -0.148.